The van der Waals surface area contributed by atoms with E-state index in [4.69, 9.17) is 9.47 Å². The summed E-state index contributed by atoms with van der Waals surface area (Å²) in [7, 11) is 0. The van der Waals surface area contributed by atoms with Crippen LogP contribution in [0.1, 0.15) is 60.3 Å². The summed E-state index contributed by atoms with van der Waals surface area (Å²) >= 11 is 0. The van der Waals surface area contributed by atoms with Crippen LogP contribution in [0.2, 0.25) is 0 Å². The van der Waals surface area contributed by atoms with Gasteiger partial charge in [-0.2, -0.15) is 0 Å². The summed E-state index contributed by atoms with van der Waals surface area (Å²) in [5.74, 6) is -1.70. The number of unbranched alkanes of at least 4 members (excludes halogenated alkanes) is 1. The summed E-state index contributed by atoms with van der Waals surface area (Å²) in [4.78, 5) is 38.8. The van der Waals surface area contributed by atoms with Crippen molar-refractivity contribution >= 4 is 17.8 Å². The molecule has 0 aromatic rings. The highest BCUT2D eigenvalue weighted by Gasteiger charge is 2.39. The van der Waals surface area contributed by atoms with E-state index in [0.717, 1.165) is 12.8 Å². The van der Waals surface area contributed by atoms with Gasteiger partial charge in [-0.1, -0.05) is 19.8 Å². The summed E-state index contributed by atoms with van der Waals surface area (Å²) < 4.78 is 10.5. The van der Waals surface area contributed by atoms with Crippen molar-refractivity contribution in [1.29, 1.82) is 0 Å². The molecular weight excluding hydrogens is 310 g/mol. The first-order valence-corrected chi connectivity index (χ1v) is 8.87. The number of Topliss-reactive ketones (excluding diaryl/α,β-unsaturated/α-hetero) is 1. The van der Waals surface area contributed by atoms with E-state index in [1.54, 1.807) is 11.8 Å². The monoisotopic (exact) mass is 341 g/mol. The molecule has 1 aliphatic rings. The van der Waals surface area contributed by atoms with E-state index in [2.05, 4.69) is 6.92 Å². The van der Waals surface area contributed by atoms with Crippen molar-refractivity contribution in [2.24, 2.45) is 11.8 Å². The van der Waals surface area contributed by atoms with Crippen molar-refractivity contribution in [3.05, 3.63) is 0 Å². The van der Waals surface area contributed by atoms with Gasteiger partial charge in [-0.15, -0.1) is 0 Å². The summed E-state index contributed by atoms with van der Waals surface area (Å²) in [6.45, 7) is 10.1. The maximum Gasteiger partial charge on any atom is 0.410 e. The number of likely N-dealkylation sites (tertiary alicyclic amines) is 1. The SMILES string of the molecule is CCCCC1CN(C(=O)OC(C)(C)C)CCC(C(=O)OCC)C1=O. The normalized spacial score (nSPS) is 22.0. The molecule has 0 bridgehead atoms. The van der Waals surface area contributed by atoms with Gasteiger partial charge in [0.1, 0.15) is 11.5 Å². The Labute approximate surface area is 144 Å². The highest BCUT2D eigenvalue weighted by molar-refractivity contribution is 6.00. The molecule has 1 heterocycles. The van der Waals surface area contributed by atoms with Crippen LogP contribution in [-0.4, -0.2) is 48.0 Å². The third kappa shape index (κ3) is 6.13. The predicted octanol–water partition coefficient (Wildman–Crippen LogP) is 3.18. The second-order valence-corrected chi connectivity index (χ2v) is 7.26. The second kappa shape index (κ2) is 9.04. The smallest absolute Gasteiger partial charge is 0.410 e. The van der Waals surface area contributed by atoms with Crippen LogP contribution in [0.3, 0.4) is 0 Å². The van der Waals surface area contributed by atoms with Gasteiger partial charge < -0.3 is 14.4 Å². The van der Waals surface area contributed by atoms with Gasteiger partial charge in [-0.25, -0.2) is 4.79 Å². The number of ether oxygens (including phenoxy) is 2. The molecule has 138 valence electrons. The first-order chi connectivity index (χ1) is 11.2. The van der Waals surface area contributed by atoms with Crippen molar-refractivity contribution in [2.45, 2.75) is 65.9 Å². The molecule has 0 saturated carbocycles. The number of ketones is 1. The fourth-order valence-electron chi connectivity index (χ4n) is 2.81. The van der Waals surface area contributed by atoms with Crippen LogP contribution in [-0.2, 0) is 19.1 Å². The average molecular weight is 341 g/mol. The van der Waals surface area contributed by atoms with Gasteiger partial charge in [-0.3, -0.25) is 9.59 Å². The summed E-state index contributed by atoms with van der Waals surface area (Å²) in [6.07, 6.45) is 2.37. The summed E-state index contributed by atoms with van der Waals surface area (Å²) in [6, 6.07) is 0. The molecule has 0 aromatic carbocycles. The molecule has 2 unspecified atom stereocenters. The first-order valence-electron chi connectivity index (χ1n) is 8.87. The molecule has 6 nitrogen and oxygen atoms in total. The van der Waals surface area contributed by atoms with E-state index in [1.807, 2.05) is 20.8 Å². The van der Waals surface area contributed by atoms with Gasteiger partial charge in [-0.05, 0) is 40.5 Å². The average Bonchev–Trinajstić information content (AvgIpc) is 2.63. The van der Waals surface area contributed by atoms with Crippen LogP contribution >= 0.6 is 0 Å². The second-order valence-electron chi connectivity index (χ2n) is 7.26. The number of carbonyl (C=O) groups is 3. The minimum absolute atomic E-state index is 0.104. The molecule has 0 aromatic heterocycles. The lowest BCUT2D eigenvalue weighted by molar-refractivity contribution is -0.152. The van der Waals surface area contributed by atoms with Gasteiger partial charge in [0.05, 0.1) is 6.61 Å². The molecule has 1 fully saturated rings. The molecule has 2 atom stereocenters. The Bertz CT molecular complexity index is 455. The third-order valence-corrected chi connectivity index (χ3v) is 4.00. The van der Waals surface area contributed by atoms with Crippen LogP contribution in [0, 0.1) is 11.8 Å². The Morgan fingerprint density at radius 3 is 2.46 bits per heavy atom. The maximum atomic E-state index is 12.7. The van der Waals surface area contributed by atoms with Crippen molar-refractivity contribution in [2.75, 3.05) is 19.7 Å². The lowest BCUT2D eigenvalue weighted by Crippen LogP contribution is -2.39. The lowest BCUT2D eigenvalue weighted by Gasteiger charge is -2.27. The van der Waals surface area contributed by atoms with Crippen LogP contribution in [0.4, 0.5) is 4.79 Å². The van der Waals surface area contributed by atoms with E-state index >= 15 is 0 Å². The zero-order chi connectivity index (χ0) is 18.3. The topological polar surface area (TPSA) is 72.9 Å². The lowest BCUT2D eigenvalue weighted by atomic mass is 9.88. The van der Waals surface area contributed by atoms with E-state index in [-0.39, 0.29) is 18.3 Å². The third-order valence-electron chi connectivity index (χ3n) is 4.00. The Morgan fingerprint density at radius 2 is 1.92 bits per heavy atom. The molecule has 0 radical (unpaired) electrons. The van der Waals surface area contributed by atoms with Crippen LogP contribution in [0.5, 0.6) is 0 Å². The van der Waals surface area contributed by atoms with Gasteiger partial charge in [0, 0.05) is 19.0 Å². The van der Waals surface area contributed by atoms with E-state index < -0.39 is 23.6 Å². The predicted molar refractivity (Wildman–Crippen MR) is 90.6 cm³/mol. The number of hydrogen-bond donors (Lipinski definition) is 0. The van der Waals surface area contributed by atoms with Gasteiger partial charge in [0.25, 0.3) is 0 Å². The Kier molecular flexibility index (Phi) is 7.70. The molecule has 1 saturated heterocycles. The molecular formula is C18H31NO5. The number of hydrogen-bond acceptors (Lipinski definition) is 5. The molecule has 0 N–H and O–H groups in total. The maximum absolute atomic E-state index is 12.7. The van der Waals surface area contributed by atoms with E-state index in [0.29, 0.717) is 25.9 Å². The fraction of sp³-hybridized carbons (Fsp3) is 0.833. The van der Waals surface area contributed by atoms with Crippen LogP contribution < -0.4 is 0 Å². The van der Waals surface area contributed by atoms with Crippen LogP contribution in [0.15, 0.2) is 0 Å². The number of esters is 1. The molecule has 6 heteroatoms. The number of nitrogens with zero attached hydrogens (tertiary/aromatic N) is 1. The highest BCUT2D eigenvalue weighted by atomic mass is 16.6. The summed E-state index contributed by atoms with van der Waals surface area (Å²) in [5.41, 5.74) is -0.590. The Hall–Kier alpha value is -1.59. The van der Waals surface area contributed by atoms with Crippen molar-refractivity contribution < 1.29 is 23.9 Å². The molecule has 1 aliphatic heterocycles. The van der Waals surface area contributed by atoms with Crippen molar-refractivity contribution in [3.8, 4) is 0 Å². The minimum atomic E-state index is -0.778. The van der Waals surface area contributed by atoms with E-state index in [9.17, 15) is 14.4 Å². The zero-order valence-electron chi connectivity index (χ0n) is 15.6. The molecule has 1 rings (SSSR count). The standard InChI is InChI=1S/C18H31NO5/c1-6-8-9-13-12-19(17(22)24-18(3,4)5)11-10-14(15(13)20)16(21)23-7-2/h13-14H,6-12H2,1-5H3. The Morgan fingerprint density at radius 1 is 1.25 bits per heavy atom. The number of carbonyl (C=O) groups excluding carboxylic acids is 3. The first kappa shape index (κ1) is 20.5. The Balaban J connectivity index is 2.91. The van der Waals surface area contributed by atoms with Crippen molar-refractivity contribution in [1.82, 2.24) is 4.90 Å². The van der Waals surface area contributed by atoms with Crippen molar-refractivity contribution in [3.63, 3.8) is 0 Å². The largest absolute Gasteiger partial charge is 0.465 e. The van der Waals surface area contributed by atoms with Gasteiger partial charge in [0.2, 0.25) is 0 Å². The van der Waals surface area contributed by atoms with Crippen LogP contribution in [0.25, 0.3) is 0 Å². The zero-order valence-corrected chi connectivity index (χ0v) is 15.6. The molecule has 1 amide bonds. The van der Waals surface area contributed by atoms with E-state index in [1.165, 1.54) is 0 Å². The summed E-state index contributed by atoms with van der Waals surface area (Å²) in [5, 5.41) is 0. The quantitative estimate of drug-likeness (QED) is 0.567. The number of rotatable bonds is 5. The molecule has 24 heavy (non-hydrogen) atoms. The minimum Gasteiger partial charge on any atom is -0.465 e. The highest BCUT2D eigenvalue weighted by Crippen LogP contribution is 2.25. The van der Waals surface area contributed by atoms with Gasteiger partial charge in [0.15, 0.2) is 5.78 Å². The molecule has 0 spiro atoms. The molecule has 0 aliphatic carbocycles. The van der Waals surface area contributed by atoms with Gasteiger partial charge >= 0.3 is 12.1 Å². The fourth-order valence-corrected chi connectivity index (χ4v) is 2.81. The number of amides is 1.